The second-order valence-corrected chi connectivity index (χ2v) is 12.9. The Balaban J connectivity index is 0.823. The minimum Gasteiger partial charge on any atom is -0.460 e. The van der Waals surface area contributed by atoms with Crippen LogP contribution in [0.5, 0.6) is 0 Å². The number of hydrogen-bond acceptors (Lipinski definition) is 19. The van der Waals surface area contributed by atoms with Crippen LogP contribution in [0.3, 0.4) is 0 Å². The van der Waals surface area contributed by atoms with Crippen LogP contribution < -0.4 is 22.5 Å². The van der Waals surface area contributed by atoms with Gasteiger partial charge in [0, 0.05) is 36.5 Å². The molecule has 4 heterocycles. The predicted molar refractivity (Wildman–Crippen MR) is 199 cm³/mol. The maximum absolute atomic E-state index is 12.0. The number of hydrogen-bond donors (Lipinski definition) is 2. The van der Waals surface area contributed by atoms with Crippen LogP contribution in [-0.4, -0.2) is 163 Å². The molecule has 0 spiro atoms. The molecule has 2 aromatic rings. The molecule has 2 saturated heterocycles. The number of esters is 2. The summed E-state index contributed by atoms with van der Waals surface area (Å²) < 4.78 is 72.7. The second-order valence-electron chi connectivity index (χ2n) is 12.9. The van der Waals surface area contributed by atoms with Gasteiger partial charge >= 0.3 is 23.3 Å². The molecule has 0 bridgehead atoms. The first-order chi connectivity index (χ1) is 28.6. The molecule has 2 fully saturated rings. The van der Waals surface area contributed by atoms with Gasteiger partial charge in [0.1, 0.15) is 19.8 Å². The summed E-state index contributed by atoms with van der Waals surface area (Å²) in [5.41, 5.74) is -1.47. The summed E-state index contributed by atoms with van der Waals surface area (Å²) in [6.45, 7) is 7.32. The van der Waals surface area contributed by atoms with Gasteiger partial charge in [0.25, 0.3) is 11.1 Å². The Bertz CT molecular complexity index is 1670. The summed E-state index contributed by atoms with van der Waals surface area (Å²) in [5, 5.41) is 0. The lowest BCUT2D eigenvalue weighted by atomic mass is 10.3. The van der Waals surface area contributed by atoms with E-state index in [1.54, 1.807) is 13.8 Å². The molecule has 4 rings (SSSR count). The Labute approximate surface area is 337 Å². The quantitative estimate of drug-likeness (QED) is 0.0664. The molecule has 2 aromatic heterocycles. The van der Waals surface area contributed by atoms with Gasteiger partial charge in [-0.05, 0) is 20.3 Å². The van der Waals surface area contributed by atoms with Gasteiger partial charge in [0.05, 0.1) is 92.5 Å². The Morgan fingerprint density at radius 2 is 0.949 bits per heavy atom. The van der Waals surface area contributed by atoms with Crippen LogP contribution in [0.2, 0.25) is 0 Å². The van der Waals surface area contributed by atoms with Crippen LogP contribution in [0.15, 0.2) is 31.6 Å². The van der Waals surface area contributed by atoms with Gasteiger partial charge in [0.15, 0.2) is 25.0 Å². The van der Waals surface area contributed by atoms with Gasteiger partial charge in [-0.1, -0.05) is 0 Å². The highest BCUT2D eigenvalue weighted by Gasteiger charge is 2.30. The number of ether oxygens (including phenoxy) is 13. The van der Waals surface area contributed by atoms with Crippen molar-refractivity contribution in [1.82, 2.24) is 19.1 Å². The van der Waals surface area contributed by atoms with E-state index in [0.717, 1.165) is 0 Å². The molecule has 4 atom stereocenters. The number of nitrogens with one attached hydrogen (secondary N) is 2. The second kappa shape index (κ2) is 26.9. The monoisotopic (exact) mass is 846 g/mol. The largest absolute Gasteiger partial charge is 0.460 e. The lowest BCUT2D eigenvalue weighted by Gasteiger charge is -2.14. The van der Waals surface area contributed by atoms with E-state index in [1.807, 2.05) is 0 Å². The van der Waals surface area contributed by atoms with E-state index in [4.69, 9.17) is 61.6 Å². The molecule has 4 unspecified atom stereocenters. The van der Waals surface area contributed by atoms with Crippen molar-refractivity contribution in [2.24, 2.45) is 0 Å². The maximum atomic E-state index is 12.0. The summed E-state index contributed by atoms with van der Waals surface area (Å²) in [6, 6.07) is 0. The summed E-state index contributed by atoms with van der Waals surface area (Å²) in [7, 11) is 0. The zero-order valence-corrected chi connectivity index (χ0v) is 33.3. The molecule has 0 saturated carbocycles. The highest BCUT2D eigenvalue weighted by molar-refractivity contribution is 5.70. The lowest BCUT2D eigenvalue weighted by molar-refractivity contribution is -0.164. The average molecular weight is 847 g/mol. The van der Waals surface area contributed by atoms with Crippen molar-refractivity contribution < 1.29 is 71.2 Å². The third-order valence-corrected chi connectivity index (χ3v) is 8.26. The number of aromatic nitrogens is 4. The highest BCUT2D eigenvalue weighted by Crippen LogP contribution is 2.21. The number of aromatic amines is 2. The number of H-pyrrole nitrogens is 2. The van der Waals surface area contributed by atoms with E-state index < -0.39 is 59.5 Å². The van der Waals surface area contributed by atoms with Crippen LogP contribution in [0.25, 0.3) is 0 Å². The van der Waals surface area contributed by atoms with Crippen molar-refractivity contribution in [2.75, 3.05) is 119 Å². The third kappa shape index (κ3) is 17.9. The van der Waals surface area contributed by atoms with E-state index in [-0.39, 0.29) is 52.7 Å². The lowest BCUT2D eigenvalue weighted by Crippen LogP contribution is -2.34. The SMILES string of the molecule is Cc1cn(C2COC(COC(=O)CCCOCCOCCOCCOCCOCCOCCOCC(=O)OCC3OCC(n4cc(C)c(=O)[nH]c4=O)O3)O2)c(=O)[nH]c1=O. The van der Waals surface area contributed by atoms with Crippen molar-refractivity contribution >= 4 is 11.9 Å². The summed E-state index contributed by atoms with van der Waals surface area (Å²) in [6.07, 6.45) is 0.222. The Kier molecular flexibility index (Phi) is 21.6. The van der Waals surface area contributed by atoms with Crippen molar-refractivity contribution in [1.29, 1.82) is 0 Å². The summed E-state index contributed by atoms with van der Waals surface area (Å²) in [4.78, 5) is 75.5. The molecular formula is C36H54N4O19. The molecule has 332 valence electrons. The van der Waals surface area contributed by atoms with Crippen molar-refractivity contribution in [3.05, 3.63) is 65.2 Å². The summed E-state index contributed by atoms with van der Waals surface area (Å²) in [5.74, 6) is -1.05. The van der Waals surface area contributed by atoms with E-state index >= 15 is 0 Å². The van der Waals surface area contributed by atoms with Crippen LogP contribution >= 0.6 is 0 Å². The fourth-order valence-corrected chi connectivity index (χ4v) is 5.18. The van der Waals surface area contributed by atoms with Gasteiger partial charge in [-0.2, -0.15) is 0 Å². The van der Waals surface area contributed by atoms with Crippen LogP contribution in [0.1, 0.15) is 36.4 Å². The number of nitrogens with zero attached hydrogens (tertiary/aromatic N) is 2. The minimum atomic E-state index is -0.862. The van der Waals surface area contributed by atoms with Crippen molar-refractivity contribution in [2.45, 2.75) is 51.7 Å². The molecule has 2 N–H and O–H groups in total. The highest BCUT2D eigenvalue weighted by atomic mass is 16.8. The minimum absolute atomic E-state index is 0.0493. The molecular weight excluding hydrogens is 792 g/mol. The molecule has 0 aliphatic carbocycles. The van der Waals surface area contributed by atoms with Crippen molar-refractivity contribution in [3.8, 4) is 0 Å². The molecule has 59 heavy (non-hydrogen) atoms. The Hall–Kier alpha value is -4.14. The first-order valence-corrected chi connectivity index (χ1v) is 19.1. The van der Waals surface area contributed by atoms with Gasteiger partial charge in [-0.25, -0.2) is 14.4 Å². The van der Waals surface area contributed by atoms with Crippen LogP contribution in [-0.2, 0) is 71.2 Å². The normalized spacial score (nSPS) is 19.0. The number of carbonyl (C=O) groups excluding carboxylic acids is 2. The summed E-state index contributed by atoms with van der Waals surface area (Å²) >= 11 is 0. The predicted octanol–water partition coefficient (Wildman–Crippen LogP) is -1.57. The standard InChI is InChI=1S/C36H54N4O19/c1-25-18-39(35(45)37-33(25)43)27-20-56-31(58-27)23-54-29(41)4-3-5-47-6-7-48-8-9-49-10-11-50-12-13-51-14-15-52-16-17-53-22-30(42)55-24-32-57-21-28(59-32)40-19-26(2)34(44)38-36(40)46/h18-19,27-28,31-32H,3-17,20-24H2,1-2H3,(H,37,43,45)(H,38,44,46). The molecule has 2 aliphatic heterocycles. The fraction of sp³-hybridized carbons (Fsp3) is 0.722. The van der Waals surface area contributed by atoms with Crippen molar-refractivity contribution in [3.63, 3.8) is 0 Å². The number of carbonyl (C=O) groups is 2. The topological polar surface area (TPSA) is 264 Å². The van der Waals surface area contributed by atoms with Gasteiger partial charge in [-0.15, -0.1) is 0 Å². The van der Waals surface area contributed by atoms with E-state index in [9.17, 15) is 28.8 Å². The molecule has 23 nitrogen and oxygen atoms in total. The molecule has 0 amide bonds. The first kappa shape index (κ1) is 47.5. The third-order valence-electron chi connectivity index (χ3n) is 8.26. The smallest absolute Gasteiger partial charge is 0.332 e. The molecule has 23 heteroatoms. The first-order valence-electron chi connectivity index (χ1n) is 19.1. The number of rotatable bonds is 30. The average Bonchev–Trinajstić information content (AvgIpc) is 3.89. The Morgan fingerprint density at radius 3 is 1.37 bits per heavy atom. The number of aryl methyl sites for hydroxylation is 2. The van der Waals surface area contributed by atoms with Gasteiger partial charge in [-0.3, -0.25) is 33.5 Å². The van der Waals surface area contributed by atoms with E-state index in [2.05, 4.69) is 9.97 Å². The fourth-order valence-electron chi connectivity index (χ4n) is 5.18. The van der Waals surface area contributed by atoms with Gasteiger partial charge in [0.2, 0.25) is 0 Å². The van der Waals surface area contributed by atoms with Gasteiger partial charge < -0.3 is 61.6 Å². The zero-order chi connectivity index (χ0) is 42.2. The van der Waals surface area contributed by atoms with Crippen LogP contribution in [0.4, 0.5) is 0 Å². The molecule has 0 radical (unpaired) electrons. The maximum Gasteiger partial charge on any atom is 0.332 e. The Morgan fingerprint density at radius 1 is 0.576 bits per heavy atom. The van der Waals surface area contributed by atoms with E-state index in [0.29, 0.717) is 90.2 Å². The zero-order valence-electron chi connectivity index (χ0n) is 33.3. The van der Waals surface area contributed by atoms with E-state index in [1.165, 1.54) is 21.5 Å². The molecule has 0 aromatic carbocycles. The molecule has 2 aliphatic rings. The van der Waals surface area contributed by atoms with Crippen LogP contribution in [0, 0.1) is 13.8 Å².